The molecule has 0 radical (unpaired) electrons. The van der Waals surface area contributed by atoms with Gasteiger partial charge in [0.2, 0.25) is 5.91 Å². The normalized spacial score (nSPS) is 11.8. The molecule has 1 unspecified atom stereocenters. The largest absolute Gasteiger partial charge is 0.391 e. The van der Waals surface area contributed by atoms with Crippen molar-refractivity contribution < 1.29 is 14.3 Å². The second-order valence-corrected chi connectivity index (χ2v) is 5.31. The summed E-state index contributed by atoms with van der Waals surface area (Å²) in [7, 11) is 0. The molecule has 0 spiro atoms. The molecular formula is C18H21FN2O2. The second-order valence-electron chi connectivity index (χ2n) is 5.31. The third-order valence-electron chi connectivity index (χ3n) is 3.51. The maximum atomic E-state index is 13.6. The first-order chi connectivity index (χ1) is 11.1. The number of benzene rings is 2. The summed E-state index contributed by atoms with van der Waals surface area (Å²) in [4.78, 5) is 14.0. The van der Waals surface area contributed by atoms with Gasteiger partial charge in [-0.05, 0) is 30.7 Å². The molecule has 0 saturated heterocycles. The van der Waals surface area contributed by atoms with E-state index < -0.39 is 11.9 Å². The van der Waals surface area contributed by atoms with E-state index in [9.17, 15) is 14.3 Å². The van der Waals surface area contributed by atoms with E-state index >= 15 is 0 Å². The Labute approximate surface area is 135 Å². The second kappa shape index (κ2) is 8.29. The third-order valence-corrected chi connectivity index (χ3v) is 3.51. The minimum absolute atomic E-state index is 0.0371. The lowest BCUT2D eigenvalue weighted by Crippen LogP contribution is -2.38. The van der Waals surface area contributed by atoms with Crippen molar-refractivity contribution in [2.75, 3.05) is 23.3 Å². The van der Waals surface area contributed by atoms with E-state index in [2.05, 4.69) is 5.32 Å². The molecule has 0 aliphatic heterocycles. The highest BCUT2D eigenvalue weighted by Gasteiger charge is 2.15. The number of carbonyl (C=O) groups excluding carboxylic acids is 1. The molecule has 1 amide bonds. The number of carbonyl (C=O) groups is 1. The first-order valence-electron chi connectivity index (χ1n) is 7.62. The average molecular weight is 316 g/mol. The topological polar surface area (TPSA) is 52.6 Å². The number of para-hydroxylation sites is 2. The van der Waals surface area contributed by atoms with Crippen molar-refractivity contribution in [3.63, 3.8) is 0 Å². The van der Waals surface area contributed by atoms with Crippen LogP contribution < -0.4 is 10.2 Å². The van der Waals surface area contributed by atoms with Crippen LogP contribution in [0.1, 0.15) is 13.3 Å². The SMILES string of the molecule is CCC(O)CN(CC(=O)Nc1ccccc1F)c1ccccc1. The molecule has 0 aliphatic rings. The number of hydrogen-bond acceptors (Lipinski definition) is 3. The van der Waals surface area contributed by atoms with E-state index in [0.29, 0.717) is 13.0 Å². The summed E-state index contributed by atoms with van der Waals surface area (Å²) in [6, 6.07) is 15.4. The average Bonchev–Trinajstić information content (AvgIpc) is 2.57. The molecule has 122 valence electrons. The van der Waals surface area contributed by atoms with Crippen molar-refractivity contribution in [1.29, 1.82) is 0 Å². The van der Waals surface area contributed by atoms with Crippen molar-refractivity contribution in [3.8, 4) is 0 Å². The lowest BCUT2D eigenvalue weighted by Gasteiger charge is -2.26. The van der Waals surface area contributed by atoms with Gasteiger partial charge in [-0.1, -0.05) is 37.3 Å². The Kier molecular flexibility index (Phi) is 6.11. The lowest BCUT2D eigenvalue weighted by atomic mass is 10.2. The molecule has 0 fully saturated rings. The van der Waals surface area contributed by atoms with Gasteiger partial charge in [-0.3, -0.25) is 4.79 Å². The summed E-state index contributed by atoms with van der Waals surface area (Å²) in [5.41, 5.74) is 0.991. The van der Waals surface area contributed by atoms with E-state index in [4.69, 9.17) is 0 Å². The molecule has 4 nitrogen and oxygen atoms in total. The van der Waals surface area contributed by atoms with E-state index in [-0.39, 0.29) is 18.1 Å². The first-order valence-corrected chi connectivity index (χ1v) is 7.62. The van der Waals surface area contributed by atoms with Crippen LogP contribution in [-0.2, 0) is 4.79 Å². The van der Waals surface area contributed by atoms with Gasteiger partial charge in [-0.15, -0.1) is 0 Å². The molecule has 2 aromatic carbocycles. The number of nitrogens with one attached hydrogen (secondary N) is 1. The van der Waals surface area contributed by atoms with E-state index in [1.54, 1.807) is 17.0 Å². The molecule has 2 aromatic rings. The summed E-state index contributed by atoms with van der Waals surface area (Å²) in [6.07, 6.45) is 0.0645. The zero-order valence-corrected chi connectivity index (χ0v) is 13.1. The van der Waals surface area contributed by atoms with E-state index in [1.165, 1.54) is 12.1 Å². The van der Waals surface area contributed by atoms with Gasteiger partial charge in [-0.25, -0.2) is 4.39 Å². The number of anilines is 2. The fraction of sp³-hybridized carbons (Fsp3) is 0.278. The highest BCUT2D eigenvalue weighted by atomic mass is 19.1. The maximum absolute atomic E-state index is 13.6. The molecule has 0 saturated carbocycles. The number of rotatable bonds is 7. The molecule has 1 atom stereocenters. The molecule has 2 N–H and O–H groups in total. The molecule has 0 aromatic heterocycles. The molecule has 2 rings (SSSR count). The fourth-order valence-corrected chi connectivity index (χ4v) is 2.21. The number of aliphatic hydroxyl groups is 1. The minimum atomic E-state index is -0.531. The van der Waals surface area contributed by atoms with Crippen LogP contribution in [0.5, 0.6) is 0 Å². The van der Waals surface area contributed by atoms with Crippen LogP contribution in [0.15, 0.2) is 54.6 Å². The monoisotopic (exact) mass is 316 g/mol. The van der Waals surface area contributed by atoms with Crippen LogP contribution in [-0.4, -0.2) is 30.2 Å². The van der Waals surface area contributed by atoms with Gasteiger partial charge >= 0.3 is 0 Å². The van der Waals surface area contributed by atoms with Gasteiger partial charge in [0.1, 0.15) is 5.82 Å². The van der Waals surface area contributed by atoms with Gasteiger partial charge in [-0.2, -0.15) is 0 Å². The van der Waals surface area contributed by atoms with Crippen LogP contribution in [0.3, 0.4) is 0 Å². The Morgan fingerprint density at radius 3 is 2.48 bits per heavy atom. The number of aliphatic hydroxyl groups excluding tert-OH is 1. The summed E-state index contributed by atoms with van der Waals surface area (Å²) >= 11 is 0. The van der Waals surface area contributed by atoms with Gasteiger partial charge in [0.25, 0.3) is 0 Å². The van der Waals surface area contributed by atoms with Crippen LogP contribution >= 0.6 is 0 Å². The Morgan fingerprint density at radius 1 is 1.17 bits per heavy atom. The van der Waals surface area contributed by atoms with Crippen molar-refractivity contribution in [2.45, 2.75) is 19.4 Å². The number of nitrogens with zero attached hydrogens (tertiary/aromatic N) is 1. The molecule has 0 heterocycles. The van der Waals surface area contributed by atoms with Gasteiger partial charge < -0.3 is 15.3 Å². The molecular weight excluding hydrogens is 295 g/mol. The summed E-state index contributed by atoms with van der Waals surface area (Å²) in [6.45, 7) is 2.26. The van der Waals surface area contributed by atoms with E-state index in [0.717, 1.165) is 5.69 Å². The highest BCUT2D eigenvalue weighted by molar-refractivity contribution is 5.94. The Bertz CT molecular complexity index is 634. The van der Waals surface area contributed by atoms with Crippen molar-refractivity contribution in [3.05, 3.63) is 60.4 Å². The standard InChI is InChI=1S/C18H21FN2O2/c1-2-15(22)12-21(14-8-4-3-5-9-14)13-18(23)20-17-11-7-6-10-16(17)19/h3-11,15,22H,2,12-13H2,1H3,(H,20,23). The van der Waals surface area contributed by atoms with Crippen molar-refractivity contribution >= 4 is 17.3 Å². The first kappa shape index (κ1) is 17.0. The van der Waals surface area contributed by atoms with Crippen LogP contribution in [0.2, 0.25) is 0 Å². The number of hydrogen-bond donors (Lipinski definition) is 2. The van der Waals surface area contributed by atoms with Gasteiger partial charge in [0, 0.05) is 12.2 Å². The molecule has 5 heteroatoms. The minimum Gasteiger partial charge on any atom is -0.391 e. The predicted octanol–water partition coefficient (Wildman–Crippen LogP) is 3.04. The number of amides is 1. The third kappa shape index (κ3) is 5.07. The molecule has 0 aliphatic carbocycles. The Hall–Kier alpha value is -2.40. The maximum Gasteiger partial charge on any atom is 0.243 e. The zero-order chi connectivity index (χ0) is 16.7. The zero-order valence-electron chi connectivity index (χ0n) is 13.1. The summed E-state index contributed by atoms with van der Waals surface area (Å²) in [5, 5.41) is 12.5. The summed E-state index contributed by atoms with van der Waals surface area (Å²) < 4.78 is 13.6. The lowest BCUT2D eigenvalue weighted by molar-refractivity contribution is -0.115. The van der Waals surface area contributed by atoms with Crippen LogP contribution in [0.25, 0.3) is 0 Å². The molecule has 0 bridgehead atoms. The highest BCUT2D eigenvalue weighted by Crippen LogP contribution is 2.16. The van der Waals surface area contributed by atoms with Crippen molar-refractivity contribution in [1.82, 2.24) is 0 Å². The van der Waals surface area contributed by atoms with Gasteiger partial charge in [0.15, 0.2) is 0 Å². The van der Waals surface area contributed by atoms with Crippen LogP contribution in [0, 0.1) is 5.82 Å². The quantitative estimate of drug-likeness (QED) is 0.825. The summed E-state index contributed by atoms with van der Waals surface area (Å²) in [5.74, 6) is -0.803. The fourth-order valence-electron chi connectivity index (χ4n) is 2.21. The van der Waals surface area contributed by atoms with Crippen molar-refractivity contribution in [2.24, 2.45) is 0 Å². The predicted molar refractivity (Wildman–Crippen MR) is 90.0 cm³/mol. The van der Waals surface area contributed by atoms with E-state index in [1.807, 2.05) is 37.3 Å². The Morgan fingerprint density at radius 2 is 1.83 bits per heavy atom. The molecule has 23 heavy (non-hydrogen) atoms. The van der Waals surface area contributed by atoms with Gasteiger partial charge in [0.05, 0.1) is 18.3 Å². The number of halogens is 1. The van der Waals surface area contributed by atoms with Crippen LogP contribution in [0.4, 0.5) is 15.8 Å². The Balaban J connectivity index is 2.08. The smallest absolute Gasteiger partial charge is 0.243 e.